The monoisotopic (exact) mass is 245 g/mol. The fourth-order valence-corrected chi connectivity index (χ4v) is 1.91. The third kappa shape index (κ3) is 3.77. The molecule has 0 bridgehead atoms. The number of nitrogens with zero attached hydrogens (tertiary/aromatic N) is 1. The molecule has 0 aromatic rings. The summed E-state index contributed by atoms with van der Waals surface area (Å²) in [5.41, 5.74) is 2.66. The lowest BCUT2D eigenvalue weighted by Gasteiger charge is -2.35. The summed E-state index contributed by atoms with van der Waals surface area (Å²) in [5.74, 6) is 0.0945. The van der Waals surface area contributed by atoms with Gasteiger partial charge in [0.05, 0.1) is 0 Å². The van der Waals surface area contributed by atoms with E-state index >= 15 is 0 Å². The fourth-order valence-electron chi connectivity index (χ4n) is 1.84. The van der Waals surface area contributed by atoms with Crippen LogP contribution in [0.15, 0.2) is 11.1 Å². The second-order valence-electron chi connectivity index (χ2n) is 4.04. The summed E-state index contributed by atoms with van der Waals surface area (Å²) in [6.07, 6.45) is 0. The van der Waals surface area contributed by atoms with Crippen molar-refractivity contribution >= 4 is 17.5 Å². The van der Waals surface area contributed by atoms with Gasteiger partial charge in [-0.15, -0.1) is 0 Å². The van der Waals surface area contributed by atoms with Crippen LogP contribution in [0, 0.1) is 0 Å². The molecular formula is C11H20ClN3O. The Labute approximate surface area is 102 Å². The van der Waals surface area contributed by atoms with Gasteiger partial charge < -0.3 is 10.6 Å². The standard InChI is InChI=1S/C11H20ClN3O/c1-3-14-11(16)10-7-13-4-5-15(10)8-9(2)6-12/h6,10,13H,3-5,7-8H2,1-2H3,(H,14,16). The van der Waals surface area contributed by atoms with Gasteiger partial charge in [0, 0.05) is 38.3 Å². The molecule has 92 valence electrons. The Morgan fingerprint density at radius 3 is 3.06 bits per heavy atom. The molecule has 1 heterocycles. The average molecular weight is 246 g/mol. The molecule has 1 aliphatic heterocycles. The van der Waals surface area contributed by atoms with Crippen molar-refractivity contribution in [1.29, 1.82) is 0 Å². The number of halogens is 1. The van der Waals surface area contributed by atoms with E-state index in [0.717, 1.165) is 25.2 Å². The summed E-state index contributed by atoms with van der Waals surface area (Å²) in [5, 5.41) is 6.10. The van der Waals surface area contributed by atoms with E-state index in [1.54, 1.807) is 5.54 Å². The normalized spacial score (nSPS) is 23.2. The van der Waals surface area contributed by atoms with Gasteiger partial charge in [-0.25, -0.2) is 0 Å². The number of piperazine rings is 1. The molecule has 4 nitrogen and oxygen atoms in total. The van der Waals surface area contributed by atoms with Crippen LogP contribution in [0.2, 0.25) is 0 Å². The lowest BCUT2D eigenvalue weighted by atomic mass is 10.1. The Bertz CT molecular complexity index is 268. The van der Waals surface area contributed by atoms with Crippen molar-refractivity contribution in [3.8, 4) is 0 Å². The Morgan fingerprint density at radius 1 is 1.69 bits per heavy atom. The first kappa shape index (κ1) is 13.5. The van der Waals surface area contributed by atoms with Crippen LogP contribution < -0.4 is 10.6 Å². The summed E-state index contributed by atoms with van der Waals surface area (Å²) in [7, 11) is 0. The molecule has 1 amide bonds. The van der Waals surface area contributed by atoms with Crippen LogP contribution in [0.1, 0.15) is 13.8 Å². The number of carbonyl (C=O) groups excluding carboxylic acids is 1. The number of carbonyl (C=O) groups is 1. The minimum absolute atomic E-state index is 0.0831. The third-order valence-electron chi connectivity index (χ3n) is 2.65. The second kappa shape index (κ2) is 6.89. The molecule has 1 rings (SSSR count). The van der Waals surface area contributed by atoms with Crippen molar-refractivity contribution in [2.75, 3.05) is 32.7 Å². The molecular weight excluding hydrogens is 226 g/mol. The Balaban J connectivity index is 2.59. The van der Waals surface area contributed by atoms with E-state index in [2.05, 4.69) is 15.5 Å². The smallest absolute Gasteiger partial charge is 0.238 e. The van der Waals surface area contributed by atoms with Crippen LogP contribution >= 0.6 is 11.6 Å². The summed E-state index contributed by atoms with van der Waals surface area (Å²) in [6, 6.07) is -0.0831. The zero-order valence-corrected chi connectivity index (χ0v) is 10.7. The first-order valence-corrected chi connectivity index (χ1v) is 6.11. The highest BCUT2D eigenvalue weighted by atomic mass is 35.5. The summed E-state index contributed by atoms with van der Waals surface area (Å²) in [4.78, 5) is 14.0. The lowest BCUT2D eigenvalue weighted by molar-refractivity contribution is -0.126. The number of hydrogen-bond acceptors (Lipinski definition) is 3. The van der Waals surface area contributed by atoms with E-state index in [1.165, 1.54) is 0 Å². The van der Waals surface area contributed by atoms with Crippen LogP contribution in [0.25, 0.3) is 0 Å². The number of amides is 1. The molecule has 0 saturated carbocycles. The van der Waals surface area contributed by atoms with Crippen LogP contribution in [-0.4, -0.2) is 49.6 Å². The summed E-state index contributed by atoms with van der Waals surface area (Å²) < 4.78 is 0. The Kier molecular flexibility index (Phi) is 5.80. The molecule has 1 unspecified atom stereocenters. The van der Waals surface area contributed by atoms with E-state index in [-0.39, 0.29) is 11.9 Å². The van der Waals surface area contributed by atoms with Crippen molar-refractivity contribution < 1.29 is 4.79 Å². The average Bonchev–Trinajstić information content (AvgIpc) is 2.30. The van der Waals surface area contributed by atoms with E-state index in [9.17, 15) is 4.79 Å². The highest BCUT2D eigenvalue weighted by Gasteiger charge is 2.27. The number of hydrogen-bond donors (Lipinski definition) is 2. The molecule has 1 atom stereocenters. The molecule has 0 aromatic carbocycles. The van der Waals surface area contributed by atoms with Gasteiger partial charge in [0.15, 0.2) is 0 Å². The molecule has 2 N–H and O–H groups in total. The zero-order valence-electron chi connectivity index (χ0n) is 9.92. The molecule has 0 radical (unpaired) electrons. The molecule has 0 aliphatic carbocycles. The van der Waals surface area contributed by atoms with Gasteiger partial charge in [-0.05, 0) is 19.4 Å². The third-order valence-corrected chi connectivity index (χ3v) is 3.02. The summed E-state index contributed by atoms with van der Waals surface area (Å²) in [6.45, 7) is 7.85. The first-order valence-electron chi connectivity index (χ1n) is 5.67. The first-order chi connectivity index (χ1) is 7.69. The fraction of sp³-hybridized carbons (Fsp3) is 0.727. The van der Waals surface area contributed by atoms with E-state index in [1.807, 2.05) is 13.8 Å². The van der Waals surface area contributed by atoms with Gasteiger partial charge in [-0.2, -0.15) is 0 Å². The van der Waals surface area contributed by atoms with Crippen molar-refractivity contribution in [1.82, 2.24) is 15.5 Å². The number of rotatable bonds is 4. The highest BCUT2D eigenvalue weighted by molar-refractivity contribution is 6.25. The molecule has 16 heavy (non-hydrogen) atoms. The van der Waals surface area contributed by atoms with Crippen molar-refractivity contribution in [2.45, 2.75) is 19.9 Å². The van der Waals surface area contributed by atoms with Gasteiger partial charge in [0.2, 0.25) is 5.91 Å². The van der Waals surface area contributed by atoms with Crippen LogP contribution in [0.4, 0.5) is 0 Å². The maximum Gasteiger partial charge on any atom is 0.238 e. The van der Waals surface area contributed by atoms with Crippen LogP contribution in [-0.2, 0) is 4.79 Å². The molecule has 1 aliphatic rings. The van der Waals surface area contributed by atoms with Gasteiger partial charge in [-0.1, -0.05) is 11.6 Å². The second-order valence-corrected chi connectivity index (χ2v) is 4.26. The zero-order chi connectivity index (χ0) is 12.0. The van der Waals surface area contributed by atoms with E-state index < -0.39 is 0 Å². The lowest BCUT2D eigenvalue weighted by Crippen LogP contribution is -2.58. The van der Waals surface area contributed by atoms with Gasteiger partial charge in [-0.3, -0.25) is 9.69 Å². The molecule has 1 saturated heterocycles. The number of likely N-dealkylation sites (N-methyl/N-ethyl adjacent to an activating group) is 1. The maximum atomic E-state index is 11.8. The Morgan fingerprint density at radius 2 is 2.44 bits per heavy atom. The minimum atomic E-state index is -0.0831. The minimum Gasteiger partial charge on any atom is -0.355 e. The topological polar surface area (TPSA) is 44.4 Å². The maximum absolute atomic E-state index is 11.8. The predicted octanol–water partition coefficient (Wildman–Crippen LogP) is 0.539. The van der Waals surface area contributed by atoms with Crippen molar-refractivity contribution in [2.24, 2.45) is 0 Å². The van der Waals surface area contributed by atoms with Gasteiger partial charge in [0.1, 0.15) is 6.04 Å². The van der Waals surface area contributed by atoms with E-state index in [0.29, 0.717) is 13.1 Å². The Hall–Kier alpha value is -0.580. The SMILES string of the molecule is CCNC(=O)C1CNCCN1CC(C)=CCl. The largest absolute Gasteiger partial charge is 0.355 e. The molecule has 0 aromatic heterocycles. The van der Waals surface area contributed by atoms with Crippen molar-refractivity contribution in [3.05, 3.63) is 11.1 Å². The van der Waals surface area contributed by atoms with Crippen LogP contribution in [0.5, 0.6) is 0 Å². The van der Waals surface area contributed by atoms with E-state index in [4.69, 9.17) is 11.6 Å². The number of nitrogens with one attached hydrogen (secondary N) is 2. The van der Waals surface area contributed by atoms with Crippen LogP contribution in [0.3, 0.4) is 0 Å². The highest BCUT2D eigenvalue weighted by Crippen LogP contribution is 2.08. The van der Waals surface area contributed by atoms with Gasteiger partial charge >= 0.3 is 0 Å². The predicted molar refractivity (Wildman–Crippen MR) is 66.5 cm³/mol. The van der Waals surface area contributed by atoms with Gasteiger partial charge in [0.25, 0.3) is 0 Å². The van der Waals surface area contributed by atoms with Crippen molar-refractivity contribution in [3.63, 3.8) is 0 Å². The molecule has 0 spiro atoms. The molecule has 1 fully saturated rings. The quantitative estimate of drug-likeness (QED) is 0.760. The molecule has 5 heteroatoms. The summed E-state index contributed by atoms with van der Waals surface area (Å²) >= 11 is 5.65.